The van der Waals surface area contributed by atoms with Crippen LogP contribution in [0.4, 0.5) is 4.39 Å². The first-order valence-corrected chi connectivity index (χ1v) is 14.7. The quantitative estimate of drug-likeness (QED) is 0.294. The number of aromatic nitrogens is 1. The molecule has 1 N–H and O–H groups in total. The zero-order chi connectivity index (χ0) is 28.5. The Morgan fingerprint density at radius 1 is 1.12 bits per heavy atom. The maximum absolute atomic E-state index is 14.3. The minimum absolute atomic E-state index is 0.0793. The molecular weight excluding hydrogens is 521 g/mol. The second-order valence-electron chi connectivity index (χ2n) is 11.5. The van der Waals surface area contributed by atoms with Gasteiger partial charge in [0, 0.05) is 30.2 Å². The maximum atomic E-state index is 14.3. The molecule has 2 aliphatic heterocycles. The largest absolute Gasteiger partial charge is 0.496 e. The molecule has 0 spiro atoms. The maximum Gasteiger partial charge on any atom is 0.290 e. The molecule has 1 amide bonds. The van der Waals surface area contributed by atoms with Crippen LogP contribution in [0.25, 0.3) is 5.57 Å². The normalized spacial score (nSPS) is 19.9. The van der Waals surface area contributed by atoms with E-state index in [0.717, 1.165) is 73.0 Å². The van der Waals surface area contributed by atoms with E-state index in [1.54, 1.807) is 7.11 Å². The van der Waals surface area contributed by atoms with Crippen LogP contribution in [0, 0.1) is 19.7 Å². The number of carbonyl (C=O) groups excluding carboxylic acids is 1. The highest BCUT2D eigenvalue weighted by atomic mass is 19.1. The second-order valence-corrected chi connectivity index (χ2v) is 11.5. The van der Waals surface area contributed by atoms with Crippen molar-refractivity contribution < 1.29 is 23.2 Å². The van der Waals surface area contributed by atoms with E-state index in [1.165, 1.54) is 18.1 Å². The molecule has 2 bridgehead atoms. The van der Waals surface area contributed by atoms with Gasteiger partial charge in [-0.1, -0.05) is 36.4 Å². The molecule has 6 rings (SSSR count). The molecule has 216 valence electrons. The third-order valence-electron chi connectivity index (χ3n) is 8.71. The summed E-state index contributed by atoms with van der Waals surface area (Å²) in [7, 11) is 1.69. The number of nitrogens with zero attached hydrogens (tertiary/aromatic N) is 2. The summed E-state index contributed by atoms with van der Waals surface area (Å²) in [6.45, 7) is 4.54. The number of methoxy groups -OCH3 is 1. The highest BCUT2D eigenvalue weighted by molar-refractivity contribution is 6.03. The molecular formula is C33H38FN3O4. The number of halogens is 1. The molecule has 8 heteroatoms. The minimum atomic E-state index is -0.539. The predicted molar refractivity (Wildman–Crippen MR) is 154 cm³/mol. The van der Waals surface area contributed by atoms with E-state index in [4.69, 9.17) is 14.0 Å². The van der Waals surface area contributed by atoms with Crippen LogP contribution in [0.2, 0.25) is 0 Å². The fourth-order valence-corrected chi connectivity index (χ4v) is 6.22. The Kier molecular flexibility index (Phi) is 7.84. The van der Waals surface area contributed by atoms with Crippen LogP contribution in [-0.2, 0) is 17.8 Å². The van der Waals surface area contributed by atoms with Crippen LogP contribution < -0.4 is 14.8 Å². The number of amides is 1. The Hall–Kier alpha value is -3.65. The Morgan fingerprint density at radius 3 is 2.63 bits per heavy atom. The van der Waals surface area contributed by atoms with Crippen LogP contribution in [0.5, 0.6) is 11.6 Å². The zero-order valence-corrected chi connectivity index (χ0v) is 24.0. The SMILES string of the molecule is COc1cccc(CN(C(=O)C2=C(c3ccc(CCCOc4noc(C)c4F)cc3)C[C@@H]3CCC2N3)C2CC2)c1C. The van der Waals surface area contributed by atoms with Crippen LogP contribution in [0.15, 0.2) is 52.6 Å². The van der Waals surface area contributed by atoms with E-state index < -0.39 is 5.82 Å². The zero-order valence-electron chi connectivity index (χ0n) is 24.0. The van der Waals surface area contributed by atoms with Crippen molar-refractivity contribution in [2.24, 2.45) is 0 Å². The lowest BCUT2D eigenvalue weighted by atomic mass is 9.88. The van der Waals surface area contributed by atoms with Crippen molar-refractivity contribution in [3.8, 4) is 11.6 Å². The number of fused-ring (bicyclic) bond motifs is 2. The number of benzene rings is 2. The van der Waals surface area contributed by atoms with Crippen LogP contribution in [0.3, 0.4) is 0 Å². The van der Waals surface area contributed by atoms with Gasteiger partial charge in [-0.2, -0.15) is 4.39 Å². The van der Waals surface area contributed by atoms with Crippen molar-refractivity contribution in [2.75, 3.05) is 13.7 Å². The molecule has 1 saturated heterocycles. The molecule has 41 heavy (non-hydrogen) atoms. The molecule has 2 atom stereocenters. The minimum Gasteiger partial charge on any atom is -0.496 e. The van der Waals surface area contributed by atoms with E-state index in [0.29, 0.717) is 25.2 Å². The van der Waals surface area contributed by atoms with Crippen molar-refractivity contribution >= 4 is 11.5 Å². The predicted octanol–water partition coefficient (Wildman–Crippen LogP) is 5.92. The molecule has 1 aromatic heterocycles. The summed E-state index contributed by atoms with van der Waals surface area (Å²) in [4.78, 5) is 16.5. The average Bonchev–Trinajstić information content (AvgIpc) is 3.69. The first-order chi connectivity index (χ1) is 19.9. The van der Waals surface area contributed by atoms with E-state index in [-0.39, 0.29) is 23.6 Å². The Morgan fingerprint density at radius 2 is 1.93 bits per heavy atom. The van der Waals surface area contributed by atoms with Crippen molar-refractivity contribution in [3.63, 3.8) is 0 Å². The van der Waals surface area contributed by atoms with E-state index in [2.05, 4.69) is 52.6 Å². The summed E-state index contributed by atoms with van der Waals surface area (Å²) in [5.74, 6) is 0.534. The molecule has 3 aromatic rings. The summed E-state index contributed by atoms with van der Waals surface area (Å²) in [6.07, 6.45) is 6.59. The molecule has 1 saturated carbocycles. The summed E-state index contributed by atoms with van der Waals surface area (Å²) >= 11 is 0. The monoisotopic (exact) mass is 559 g/mol. The van der Waals surface area contributed by atoms with Crippen molar-refractivity contribution in [1.29, 1.82) is 0 Å². The van der Waals surface area contributed by atoms with Gasteiger partial charge in [-0.25, -0.2) is 0 Å². The molecule has 3 heterocycles. The summed E-state index contributed by atoms with van der Waals surface area (Å²) in [6, 6.07) is 15.5. The van der Waals surface area contributed by atoms with E-state index in [9.17, 15) is 9.18 Å². The standard InChI is InChI=1S/C33H38FN3O4/c1-20-24(7-4-8-29(20)39-3)19-37(26-14-15-26)33(38)30-27(18-25-13-16-28(30)35-25)23-11-9-22(10-12-23)6-5-17-40-32-31(34)21(2)41-36-32/h4,7-12,25-26,28,35H,5-6,13-19H2,1-3H3/t25-,28?/m0/s1. The number of hydrogen-bond acceptors (Lipinski definition) is 6. The van der Waals surface area contributed by atoms with E-state index >= 15 is 0 Å². The van der Waals surface area contributed by atoms with Gasteiger partial charge in [0.25, 0.3) is 11.8 Å². The van der Waals surface area contributed by atoms with Crippen LogP contribution in [0.1, 0.15) is 66.5 Å². The fourth-order valence-electron chi connectivity index (χ4n) is 6.22. The first-order valence-electron chi connectivity index (χ1n) is 14.7. The Bertz CT molecular complexity index is 1440. The average molecular weight is 560 g/mol. The number of carbonyl (C=O) groups is 1. The van der Waals surface area contributed by atoms with Crippen LogP contribution >= 0.6 is 0 Å². The first kappa shape index (κ1) is 27.5. The molecule has 0 radical (unpaired) electrons. The fraction of sp³-hybridized carbons (Fsp3) is 0.455. The second kappa shape index (κ2) is 11.7. The van der Waals surface area contributed by atoms with Gasteiger partial charge in [0.2, 0.25) is 5.82 Å². The van der Waals surface area contributed by atoms with Gasteiger partial charge < -0.3 is 24.2 Å². The summed E-state index contributed by atoms with van der Waals surface area (Å²) in [5, 5.41) is 7.32. The Balaban J connectivity index is 1.19. The van der Waals surface area contributed by atoms with Crippen molar-refractivity contribution in [3.05, 3.63) is 81.9 Å². The third kappa shape index (κ3) is 5.75. The van der Waals surface area contributed by atoms with Gasteiger partial charge in [-0.15, -0.1) is 0 Å². The van der Waals surface area contributed by atoms with Gasteiger partial charge in [0.05, 0.1) is 13.7 Å². The van der Waals surface area contributed by atoms with Gasteiger partial charge in [0.15, 0.2) is 5.76 Å². The number of rotatable bonds is 11. The van der Waals surface area contributed by atoms with E-state index in [1.807, 2.05) is 12.1 Å². The molecule has 2 fully saturated rings. The highest BCUT2D eigenvalue weighted by Gasteiger charge is 2.42. The van der Waals surface area contributed by atoms with Gasteiger partial charge in [-0.3, -0.25) is 4.79 Å². The van der Waals surface area contributed by atoms with Gasteiger partial charge in [0.1, 0.15) is 5.75 Å². The molecule has 7 nitrogen and oxygen atoms in total. The number of aryl methyl sites for hydroxylation is 2. The van der Waals surface area contributed by atoms with Gasteiger partial charge in [-0.05, 0) is 97.8 Å². The lowest BCUT2D eigenvalue weighted by molar-refractivity contribution is -0.128. The summed E-state index contributed by atoms with van der Waals surface area (Å²) in [5.41, 5.74) is 6.65. The number of nitrogens with one attached hydrogen (secondary N) is 1. The number of ether oxygens (including phenoxy) is 2. The molecule has 1 aliphatic carbocycles. The molecule has 1 unspecified atom stereocenters. The Labute approximate surface area is 240 Å². The van der Waals surface area contributed by atoms with Gasteiger partial charge >= 0.3 is 0 Å². The lowest BCUT2D eigenvalue weighted by Crippen LogP contribution is -2.44. The van der Waals surface area contributed by atoms with Crippen molar-refractivity contribution in [2.45, 2.75) is 83.5 Å². The van der Waals surface area contributed by atoms with Crippen molar-refractivity contribution in [1.82, 2.24) is 15.4 Å². The molecule has 2 aromatic carbocycles. The topological polar surface area (TPSA) is 76.8 Å². The highest BCUT2D eigenvalue weighted by Crippen LogP contribution is 2.40. The smallest absolute Gasteiger partial charge is 0.290 e. The lowest BCUT2D eigenvalue weighted by Gasteiger charge is -2.32. The summed E-state index contributed by atoms with van der Waals surface area (Å²) < 4.78 is 29.6. The van der Waals surface area contributed by atoms with Crippen LogP contribution in [-0.4, -0.2) is 47.8 Å². The third-order valence-corrected chi connectivity index (χ3v) is 8.71. The molecule has 3 aliphatic rings. The number of hydrogen-bond donors (Lipinski definition) is 1.